The van der Waals surface area contributed by atoms with Crippen LogP contribution in [0, 0.1) is 17.7 Å². The van der Waals surface area contributed by atoms with Crippen molar-refractivity contribution in [2.45, 2.75) is 38.6 Å². The fourth-order valence-electron chi connectivity index (χ4n) is 3.51. The van der Waals surface area contributed by atoms with E-state index < -0.39 is 17.8 Å². The number of amides is 1. The van der Waals surface area contributed by atoms with Crippen LogP contribution in [-0.4, -0.2) is 26.8 Å². The van der Waals surface area contributed by atoms with Crippen LogP contribution in [0.15, 0.2) is 36.7 Å². The van der Waals surface area contributed by atoms with E-state index in [1.165, 1.54) is 16.8 Å². The van der Waals surface area contributed by atoms with Crippen molar-refractivity contribution in [1.29, 1.82) is 0 Å². The molecule has 0 unspecified atom stereocenters. The Labute approximate surface area is 151 Å². The summed E-state index contributed by atoms with van der Waals surface area (Å²) < 4.78 is 14.8. The van der Waals surface area contributed by atoms with E-state index in [0.29, 0.717) is 5.69 Å². The average molecular weight is 359 g/mol. The molecule has 1 amide bonds. The maximum Gasteiger partial charge on any atom is 0.316 e. The monoisotopic (exact) mass is 359 g/mol. The summed E-state index contributed by atoms with van der Waals surface area (Å²) in [5, 5.41) is 16.3. The SMILES string of the molecule is O=C(O)[C@@H](C(=O)NCc1cnn(-c2cccc(F)c2)c1)C1CCCCC1. The van der Waals surface area contributed by atoms with Crippen LogP contribution in [0.4, 0.5) is 4.39 Å². The summed E-state index contributed by atoms with van der Waals surface area (Å²) >= 11 is 0. The number of halogens is 1. The molecule has 2 N–H and O–H groups in total. The largest absolute Gasteiger partial charge is 0.481 e. The molecule has 0 radical (unpaired) electrons. The number of aliphatic carboxylic acids is 1. The van der Waals surface area contributed by atoms with Crippen molar-refractivity contribution in [2.24, 2.45) is 11.8 Å². The maximum atomic E-state index is 13.3. The first-order valence-corrected chi connectivity index (χ1v) is 8.84. The van der Waals surface area contributed by atoms with Gasteiger partial charge < -0.3 is 10.4 Å². The van der Waals surface area contributed by atoms with Crippen LogP contribution in [0.2, 0.25) is 0 Å². The summed E-state index contributed by atoms with van der Waals surface area (Å²) in [6.45, 7) is 0.185. The third kappa shape index (κ3) is 4.28. The zero-order valence-electron chi connectivity index (χ0n) is 14.4. The van der Waals surface area contributed by atoms with Crippen molar-refractivity contribution in [1.82, 2.24) is 15.1 Å². The van der Waals surface area contributed by atoms with Crippen LogP contribution in [0.3, 0.4) is 0 Å². The number of nitrogens with one attached hydrogen (secondary N) is 1. The Morgan fingerprint density at radius 2 is 2.08 bits per heavy atom. The Morgan fingerprint density at radius 1 is 1.31 bits per heavy atom. The minimum Gasteiger partial charge on any atom is -0.481 e. The van der Waals surface area contributed by atoms with Crippen LogP contribution in [0.1, 0.15) is 37.7 Å². The van der Waals surface area contributed by atoms with Gasteiger partial charge in [-0.05, 0) is 37.0 Å². The van der Waals surface area contributed by atoms with Crippen molar-refractivity contribution in [3.8, 4) is 5.69 Å². The number of hydrogen-bond donors (Lipinski definition) is 2. The molecule has 138 valence electrons. The number of carbonyl (C=O) groups excluding carboxylic acids is 1. The van der Waals surface area contributed by atoms with E-state index in [1.807, 2.05) is 0 Å². The number of carboxylic acids is 1. The number of aromatic nitrogens is 2. The molecule has 0 bridgehead atoms. The maximum absolute atomic E-state index is 13.3. The van der Waals surface area contributed by atoms with Crippen molar-refractivity contribution < 1.29 is 19.1 Å². The predicted molar refractivity (Wildman–Crippen MR) is 93.1 cm³/mol. The van der Waals surface area contributed by atoms with E-state index in [9.17, 15) is 19.1 Å². The van der Waals surface area contributed by atoms with E-state index in [4.69, 9.17) is 0 Å². The lowest BCUT2D eigenvalue weighted by atomic mass is 9.79. The molecule has 1 heterocycles. The van der Waals surface area contributed by atoms with E-state index >= 15 is 0 Å². The summed E-state index contributed by atoms with van der Waals surface area (Å²) in [5.41, 5.74) is 1.29. The van der Waals surface area contributed by atoms with Gasteiger partial charge in [0.25, 0.3) is 0 Å². The van der Waals surface area contributed by atoms with Crippen molar-refractivity contribution in [3.63, 3.8) is 0 Å². The van der Waals surface area contributed by atoms with Crippen molar-refractivity contribution in [2.75, 3.05) is 0 Å². The number of nitrogens with zero attached hydrogens (tertiary/aromatic N) is 2. The van der Waals surface area contributed by atoms with Gasteiger partial charge in [0.1, 0.15) is 11.7 Å². The lowest BCUT2D eigenvalue weighted by molar-refractivity contribution is -0.150. The molecule has 0 saturated heterocycles. The van der Waals surface area contributed by atoms with Gasteiger partial charge in [-0.2, -0.15) is 5.10 Å². The van der Waals surface area contributed by atoms with Crippen molar-refractivity contribution in [3.05, 3.63) is 48.0 Å². The van der Waals surface area contributed by atoms with Crippen LogP contribution in [-0.2, 0) is 16.1 Å². The fourth-order valence-corrected chi connectivity index (χ4v) is 3.51. The molecular weight excluding hydrogens is 337 g/mol. The van der Waals surface area contributed by atoms with Crippen LogP contribution < -0.4 is 5.32 Å². The van der Waals surface area contributed by atoms with Gasteiger partial charge in [-0.3, -0.25) is 9.59 Å². The molecule has 2 aromatic rings. The predicted octanol–water partition coefficient (Wildman–Crippen LogP) is 2.91. The molecule has 0 aliphatic heterocycles. The van der Waals surface area contributed by atoms with E-state index in [0.717, 1.165) is 37.7 Å². The van der Waals surface area contributed by atoms with Crippen LogP contribution >= 0.6 is 0 Å². The zero-order valence-corrected chi connectivity index (χ0v) is 14.4. The van der Waals surface area contributed by atoms with Gasteiger partial charge in [-0.25, -0.2) is 9.07 Å². The van der Waals surface area contributed by atoms with Gasteiger partial charge in [0.15, 0.2) is 0 Å². The Balaban J connectivity index is 1.62. The summed E-state index contributed by atoms with van der Waals surface area (Å²) in [6.07, 6.45) is 7.87. The molecule has 3 rings (SSSR count). The van der Waals surface area contributed by atoms with Gasteiger partial charge in [0.2, 0.25) is 5.91 Å². The van der Waals surface area contributed by atoms with E-state index in [-0.39, 0.29) is 18.3 Å². The summed E-state index contributed by atoms with van der Waals surface area (Å²) in [7, 11) is 0. The normalized spacial score (nSPS) is 16.2. The number of benzene rings is 1. The highest BCUT2D eigenvalue weighted by molar-refractivity contribution is 5.97. The Bertz CT molecular complexity index is 784. The summed E-state index contributed by atoms with van der Waals surface area (Å²) in [5.74, 6) is -2.98. The fraction of sp³-hybridized carbons (Fsp3) is 0.421. The quantitative estimate of drug-likeness (QED) is 0.777. The standard InChI is InChI=1S/C19H22FN3O3/c20-15-7-4-8-16(9-15)23-12-13(11-22-23)10-21-18(24)17(19(25)26)14-5-2-1-3-6-14/h4,7-9,11-12,14,17H,1-3,5-6,10H2,(H,21,24)(H,25,26)/t17-/m1/s1. The molecule has 1 aliphatic carbocycles. The zero-order chi connectivity index (χ0) is 18.5. The van der Waals surface area contributed by atoms with E-state index in [2.05, 4.69) is 10.4 Å². The number of rotatable bonds is 6. The molecule has 1 atom stereocenters. The number of hydrogen-bond acceptors (Lipinski definition) is 3. The Morgan fingerprint density at radius 3 is 2.77 bits per heavy atom. The molecule has 1 aliphatic rings. The summed E-state index contributed by atoms with van der Waals surface area (Å²) in [4.78, 5) is 24.0. The first kappa shape index (κ1) is 18.1. The second-order valence-electron chi connectivity index (χ2n) is 6.70. The van der Waals surface area contributed by atoms with Gasteiger partial charge in [-0.1, -0.05) is 25.3 Å². The molecule has 6 nitrogen and oxygen atoms in total. The number of carboxylic acid groups (broad SMARTS) is 1. The van der Waals surface area contributed by atoms with Gasteiger partial charge in [0, 0.05) is 18.3 Å². The van der Waals surface area contributed by atoms with Gasteiger partial charge in [0.05, 0.1) is 11.9 Å². The van der Waals surface area contributed by atoms with Crippen LogP contribution in [0.5, 0.6) is 0 Å². The molecule has 1 fully saturated rings. The minimum absolute atomic E-state index is 0.101. The molecule has 26 heavy (non-hydrogen) atoms. The third-order valence-electron chi connectivity index (χ3n) is 4.85. The molecular formula is C19H22FN3O3. The molecule has 1 aromatic heterocycles. The highest BCUT2D eigenvalue weighted by Crippen LogP contribution is 2.30. The molecule has 1 aromatic carbocycles. The highest BCUT2D eigenvalue weighted by Gasteiger charge is 2.35. The molecule has 1 saturated carbocycles. The topological polar surface area (TPSA) is 84.2 Å². The van der Waals surface area contributed by atoms with Crippen molar-refractivity contribution >= 4 is 11.9 Å². The first-order valence-electron chi connectivity index (χ1n) is 8.84. The van der Waals surface area contributed by atoms with E-state index in [1.54, 1.807) is 24.5 Å². The highest BCUT2D eigenvalue weighted by atomic mass is 19.1. The minimum atomic E-state index is -1.06. The van der Waals surface area contributed by atoms with Gasteiger partial charge >= 0.3 is 5.97 Å². The lowest BCUT2D eigenvalue weighted by Crippen LogP contribution is -2.40. The van der Waals surface area contributed by atoms with Crippen LogP contribution in [0.25, 0.3) is 5.69 Å². The molecule has 7 heteroatoms. The average Bonchev–Trinajstić information content (AvgIpc) is 3.10. The lowest BCUT2D eigenvalue weighted by Gasteiger charge is -2.26. The second-order valence-corrected chi connectivity index (χ2v) is 6.70. The number of carbonyl (C=O) groups is 2. The molecule has 0 spiro atoms. The first-order chi connectivity index (χ1) is 12.5. The Kier molecular flexibility index (Phi) is 5.65. The smallest absolute Gasteiger partial charge is 0.316 e. The second kappa shape index (κ2) is 8.12. The third-order valence-corrected chi connectivity index (χ3v) is 4.85. The van der Waals surface area contributed by atoms with Gasteiger partial charge in [-0.15, -0.1) is 0 Å². The Hall–Kier alpha value is -2.70. The summed E-state index contributed by atoms with van der Waals surface area (Å²) in [6, 6.07) is 6.03.